The summed E-state index contributed by atoms with van der Waals surface area (Å²) in [5.41, 5.74) is 5.93. The van der Waals surface area contributed by atoms with Gasteiger partial charge in [0, 0.05) is 54.0 Å². The second-order valence-corrected chi connectivity index (χ2v) is 7.70. The van der Waals surface area contributed by atoms with Gasteiger partial charge >= 0.3 is 0 Å². The average molecular weight is 382 g/mol. The number of hydrogen-bond donors (Lipinski definition) is 1. The first-order valence-electron chi connectivity index (χ1n) is 9.37. The highest BCUT2D eigenvalue weighted by atomic mass is 35.5. The van der Waals surface area contributed by atoms with Crippen molar-refractivity contribution in [3.63, 3.8) is 0 Å². The largest absolute Gasteiger partial charge is 0.368 e. The number of carbonyl (C=O) groups is 1. The van der Waals surface area contributed by atoms with E-state index in [9.17, 15) is 4.79 Å². The maximum absolute atomic E-state index is 12.8. The SMILES string of the molecule is Cc1cccc(N2CCN(C(=O)Cc3c[nH]c4cc(Cl)ccc34)CC2)c1C. The molecule has 0 spiro atoms. The Labute approximate surface area is 164 Å². The van der Waals surface area contributed by atoms with E-state index in [1.54, 1.807) is 0 Å². The molecule has 1 N–H and O–H groups in total. The number of rotatable bonds is 3. The van der Waals surface area contributed by atoms with E-state index in [1.165, 1.54) is 16.8 Å². The molecule has 0 radical (unpaired) electrons. The van der Waals surface area contributed by atoms with Crippen molar-refractivity contribution >= 4 is 34.1 Å². The third kappa shape index (κ3) is 3.54. The molecule has 1 aromatic heterocycles. The van der Waals surface area contributed by atoms with Gasteiger partial charge in [-0.15, -0.1) is 0 Å². The molecule has 0 saturated carbocycles. The van der Waals surface area contributed by atoms with Gasteiger partial charge in [-0.1, -0.05) is 29.8 Å². The molecule has 4 nitrogen and oxygen atoms in total. The number of nitrogens with zero attached hydrogens (tertiary/aromatic N) is 2. The van der Waals surface area contributed by atoms with Crippen LogP contribution < -0.4 is 4.90 Å². The molecule has 1 fully saturated rings. The zero-order chi connectivity index (χ0) is 19.0. The second-order valence-electron chi connectivity index (χ2n) is 7.27. The van der Waals surface area contributed by atoms with Gasteiger partial charge < -0.3 is 14.8 Å². The fourth-order valence-electron chi connectivity index (χ4n) is 3.85. The number of halogens is 1. The summed E-state index contributed by atoms with van der Waals surface area (Å²) in [5, 5.41) is 1.77. The van der Waals surface area contributed by atoms with Crippen molar-refractivity contribution in [2.75, 3.05) is 31.1 Å². The molecule has 3 aromatic rings. The van der Waals surface area contributed by atoms with Crippen molar-refractivity contribution in [3.8, 4) is 0 Å². The van der Waals surface area contributed by atoms with Gasteiger partial charge in [-0.2, -0.15) is 0 Å². The molecule has 140 valence electrons. The highest BCUT2D eigenvalue weighted by Gasteiger charge is 2.23. The van der Waals surface area contributed by atoms with Crippen LogP contribution in [0.2, 0.25) is 5.02 Å². The van der Waals surface area contributed by atoms with Crippen LogP contribution in [0.15, 0.2) is 42.6 Å². The van der Waals surface area contributed by atoms with E-state index in [-0.39, 0.29) is 5.91 Å². The van der Waals surface area contributed by atoms with E-state index >= 15 is 0 Å². The van der Waals surface area contributed by atoms with E-state index in [1.807, 2.05) is 29.3 Å². The van der Waals surface area contributed by atoms with Crippen LogP contribution in [0.25, 0.3) is 10.9 Å². The third-order valence-corrected chi connectivity index (χ3v) is 5.86. The highest BCUT2D eigenvalue weighted by molar-refractivity contribution is 6.31. The van der Waals surface area contributed by atoms with E-state index in [2.05, 4.69) is 41.9 Å². The first kappa shape index (κ1) is 17.9. The number of hydrogen-bond acceptors (Lipinski definition) is 2. The number of aryl methyl sites for hydroxylation is 1. The van der Waals surface area contributed by atoms with E-state index in [0.717, 1.165) is 42.6 Å². The number of anilines is 1. The van der Waals surface area contributed by atoms with Crippen LogP contribution in [0, 0.1) is 13.8 Å². The third-order valence-electron chi connectivity index (χ3n) is 5.62. The predicted molar refractivity (Wildman–Crippen MR) is 112 cm³/mol. The first-order valence-corrected chi connectivity index (χ1v) is 9.75. The number of carbonyl (C=O) groups excluding carboxylic acids is 1. The lowest BCUT2D eigenvalue weighted by atomic mass is 10.1. The van der Waals surface area contributed by atoms with Crippen LogP contribution in [0.4, 0.5) is 5.69 Å². The zero-order valence-corrected chi connectivity index (χ0v) is 16.5. The topological polar surface area (TPSA) is 39.3 Å². The number of aromatic amines is 1. The van der Waals surface area contributed by atoms with Gasteiger partial charge in [0.1, 0.15) is 0 Å². The van der Waals surface area contributed by atoms with Gasteiger partial charge in [-0.3, -0.25) is 4.79 Å². The fraction of sp³-hybridized carbons (Fsp3) is 0.318. The monoisotopic (exact) mass is 381 g/mol. The lowest BCUT2D eigenvalue weighted by molar-refractivity contribution is -0.130. The summed E-state index contributed by atoms with van der Waals surface area (Å²) < 4.78 is 0. The Morgan fingerprint density at radius 1 is 1.11 bits per heavy atom. The molecule has 2 aromatic carbocycles. The van der Waals surface area contributed by atoms with E-state index < -0.39 is 0 Å². The summed E-state index contributed by atoms with van der Waals surface area (Å²) in [6.07, 6.45) is 2.34. The minimum atomic E-state index is 0.187. The summed E-state index contributed by atoms with van der Waals surface area (Å²) in [6, 6.07) is 12.2. The standard InChI is InChI=1S/C22H24ClN3O/c1-15-4-3-5-21(16(15)2)25-8-10-26(11-9-25)22(27)12-17-14-24-20-13-18(23)6-7-19(17)20/h3-7,13-14,24H,8-12H2,1-2H3. The Kier molecular flexibility index (Phi) is 4.83. The molecule has 1 aliphatic rings. The molecular formula is C22H24ClN3O. The van der Waals surface area contributed by atoms with Crippen LogP contribution in [0.5, 0.6) is 0 Å². The molecule has 1 amide bonds. The predicted octanol–water partition coefficient (Wildman–Crippen LogP) is 4.33. The van der Waals surface area contributed by atoms with Crippen LogP contribution in [0.1, 0.15) is 16.7 Å². The number of nitrogens with one attached hydrogen (secondary N) is 1. The average Bonchev–Trinajstić information content (AvgIpc) is 3.06. The molecular weight excluding hydrogens is 358 g/mol. The number of fused-ring (bicyclic) bond motifs is 1. The zero-order valence-electron chi connectivity index (χ0n) is 15.8. The normalized spacial score (nSPS) is 14.8. The molecule has 27 heavy (non-hydrogen) atoms. The summed E-state index contributed by atoms with van der Waals surface area (Å²) in [7, 11) is 0. The van der Waals surface area contributed by atoms with Crippen LogP contribution >= 0.6 is 11.6 Å². The molecule has 4 rings (SSSR count). The number of piperazine rings is 1. The van der Waals surface area contributed by atoms with Crippen molar-refractivity contribution in [1.29, 1.82) is 0 Å². The Morgan fingerprint density at radius 3 is 2.67 bits per heavy atom. The summed E-state index contributed by atoms with van der Waals surface area (Å²) in [5.74, 6) is 0.187. The van der Waals surface area contributed by atoms with Gasteiger partial charge in [0.25, 0.3) is 0 Å². The van der Waals surface area contributed by atoms with Gasteiger partial charge in [0.15, 0.2) is 0 Å². The molecule has 0 aliphatic carbocycles. The quantitative estimate of drug-likeness (QED) is 0.733. The number of benzene rings is 2. The molecule has 1 aliphatic heterocycles. The first-order chi connectivity index (χ1) is 13.0. The van der Waals surface area contributed by atoms with Crippen LogP contribution in [-0.4, -0.2) is 42.0 Å². The lowest BCUT2D eigenvalue weighted by Gasteiger charge is -2.37. The molecule has 1 saturated heterocycles. The van der Waals surface area contributed by atoms with Gasteiger partial charge in [-0.25, -0.2) is 0 Å². The number of aromatic nitrogens is 1. The highest BCUT2D eigenvalue weighted by Crippen LogP contribution is 2.25. The molecule has 0 bridgehead atoms. The van der Waals surface area contributed by atoms with Crippen LogP contribution in [0.3, 0.4) is 0 Å². The lowest BCUT2D eigenvalue weighted by Crippen LogP contribution is -2.49. The van der Waals surface area contributed by atoms with Gasteiger partial charge in [0.05, 0.1) is 6.42 Å². The van der Waals surface area contributed by atoms with Crippen molar-refractivity contribution in [2.45, 2.75) is 20.3 Å². The molecule has 2 heterocycles. The molecule has 0 unspecified atom stereocenters. The van der Waals surface area contributed by atoms with Crippen molar-refractivity contribution in [2.24, 2.45) is 0 Å². The van der Waals surface area contributed by atoms with Gasteiger partial charge in [0.2, 0.25) is 5.91 Å². The van der Waals surface area contributed by atoms with Crippen molar-refractivity contribution in [1.82, 2.24) is 9.88 Å². The Balaban J connectivity index is 1.42. The summed E-state index contributed by atoms with van der Waals surface area (Å²) in [6.45, 7) is 7.60. The summed E-state index contributed by atoms with van der Waals surface area (Å²) >= 11 is 6.04. The Hall–Kier alpha value is -2.46. The minimum absolute atomic E-state index is 0.187. The van der Waals surface area contributed by atoms with Crippen molar-refractivity contribution in [3.05, 3.63) is 64.3 Å². The minimum Gasteiger partial charge on any atom is -0.368 e. The Bertz CT molecular complexity index is 986. The smallest absolute Gasteiger partial charge is 0.227 e. The number of amides is 1. The van der Waals surface area contributed by atoms with Crippen molar-refractivity contribution < 1.29 is 4.79 Å². The van der Waals surface area contributed by atoms with E-state index in [0.29, 0.717) is 11.4 Å². The molecule has 0 atom stereocenters. The van der Waals surface area contributed by atoms with Crippen LogP contribution in [-0.2, 0) is 11.2 Å². The maximum Gasteiger partial charge on any atom is 0.227 e. The second kappa shape index (κ2) is 7.28. The fourth-order valence-corrected chi connectivity index (χ4v) is 4.03. The maximum atomic E-state index is 12.8. The van der Waals surface area contributed by atoms with E-state index in [4.69, 9.17) is 11.6 Å². The molecule has 5 heteroatoms. The summed E-state index contributed by atoms with van der Waals surface area (Å²) in [4.78, 5) is 20.4. The Morgan fingerprint density at radius 2 is 1.89 bits per heavy atom. The van der Waals surface area contributed by atoms with Gasteiger partial charge in [-0.05, 0) is 48.7 Å². The number of H-pyrrole nitrogens is 1.